The number of rotatable bonds is 8. The molecule has 8 nitrogen and oxygen atoms in total. The number of ether oxygens (including phenoxy) is 2. The lowest BCUT2D eigenvalue weighted by molar-refractivity contribution is -0.149. The highest BCUT2D eigenvalue weighted by molar-refractivity contribution is 5.81. The number of carboxylic acid groups (broad SMARTS) is 1. The van der Waals surface area contributed by atoms with Crippen molar-refractivity contribution >= 4 is 18.0 Å². The van der Waals surface area contributed by atoms with Gasteiger partial charge in [0, 0.05) is 18.4 Å². The summed E-state index contributed by atoms with van der Waals surface area (Å²) in [5.41, 5.74) is 3.38. The first-order valence-electron chi connectivity index (χ1n) is 11.9. The Morgan fingerprint density at radius 3 is 2.26 bits per heavy atom. The van der Waals surface area contributed by atoms with Crippen LogP contribution in [0.1, 0.15) is 44.2 Å². The minimum absolute atomic E-state index is 0.00800. The van der Waals surface area contributed by atoms with Gasteiger partial charge in [0.15, 0.2) is 0 Å². The Bertz CT molecular complexity index is 1070. The van der Waals surface area contributed by atoms with E-state index in [4.69, 9.17) is 9.47 Å². The van der Waals surface area contributed by atoms with Crippen molar-refractivity contribution in [2.75, 3.05) is 19.8 Å². The smallest absolute Gasteiger partial charge is 0.407 e. The second kappa shape index (κ2) is 10.1. The van der Waals surface area contributed by atoms with E-state index in [2.05, 4.69) is 34.9 Å². The van der Waals surface area contributed by atoms with Crippen molar-refractivity contribution in [3.05, 3.63) is 59.7 Å². The van der Waals surface area contributed by atoms with Gasteiger partial charge in [-0.25, -0.2) is 4.79 Å². The molecular weight excluding hydrogens is 448 g/mol. The molecule has 2 aromatic carbocycles. The predicted molar refractivity (Wildman–Crippen MR) is 130 cm³/mol. The highest BCUT2D eigenvalue weighted by Gasteiger charge is 2.47. The first-order valence-corrected chi connectivity index (χ1v) is 11.9. The molecule has 1 heterocycles. The fraction of sp³-hybridized carbons (Fsp3) is 0.444. The van der Waals surface area contributed by atoms with E-state index >= 15 is 0 Å². The first-order chi connectivity index (χ1) is 16.7. The third-order valence-electron chi connectivity index (χ3n) is 7.14. The molecule has 2 amide bonds. The SMILES string of the molecule is CC(C)[C@@H](CC(=O)NC1COCC1(C)C(=O)O)NC(=O)OCC1c2ccccc2-c2ccccc21. The Hall–Kier alpha value is -3.39. The number of carbonyl (C=O) groups is 3. The summed E-state index contributed by atoms with van der Waals surface area (Å²) in [5, 5.41) is 15.1. The van der Waals surface area contributed by atoms with Crippen LogP contribution in [-0.2, 0) is 19.1 Å². The Kier molecular flexibility index (Phi) is 7.12. The van der Waals surface area contributed by atoms with Crippen LogP contribution >= 0.6 is 0 Å². The van der Waals surface area contributed by atoms with E-state index in [-0.39, 0.29) is 44.0 Å². The van der Waals surface area contributed by atoms with Gasteiger partial charge in [-0.1, -0.05) is 62.4 Å². The average Bonchev–Trinajstić information content (AvgIpc) is 3.36. The maximum atomic E-state index is 12.7. The van der Waals surface area contributed by atoms with Crippen molar-refractivity contribution in [2.24, 2.45) is 11.3 Å². The number of amides is 2. The molecule has 2 aromatic rings. The molecule has 3 atom stereocenters. The molecule has 1 fully saturated rings. The summed E-state index contributed by atoms with van der Waals surface area (Å²) < 4.78 is 10.9. The molecular formula is C27H32N2O6. The topological polar surface area (TPSA) is 114 Å². The van der Waals surface area contributed by atoms with Gasteiger partial charge < -0.3 is 25.2 Å². The second-order valence-electron chi connectivity index (χ2n) is 9.88. The van der Waals surface area contributed by atoms with Crippen LogP contribution in [0.2, 0.25) is 0 Å². The zero-order valence-corrected chi connectivity index (χ0v) is 20.2. The largest absolute Gasteiger partial charge is 0.481 e. The van der Waals surface area contributed by atoms with Crippen LogP contribution in [-0.4, -0.2) is 55.0 Å². The van der Waals surface area contributed by atoms with Gasteiger partial charge in [-0.3, -0.25) is 9.59 Å². The molecule has 1 aliphatic carbocycles. The van der Waals surface area contributed by atoms with Gasteiger partial charge in [-0.15, -0.1) is 0 Å². The molecule has 3 N–H and O–H groups in total. The number of fused-ring (bicyclic) bond motifs is 3. The highest BCUT2D eigenvalue weighted by Crippen LogP contribution is 2.44. The van der Waals surface area contributed by atoms with E-state index in [0.29, 0.717) is 0 Å². The molecule has 1 aliphatic heterocycles. The van der Waals surface area contributed by atoms with E-state index in [9.17, 15) is 19.5 Å². The maximum Gasteiger partial charge on any atom is 0.407 e. The van der Waals surface area contributed by atoms with Gasteiger partial charge in [-0.2, -0.15) is 0 Å². The molecule has 0 aromatic heterocycles. The Balaban J connectivity index is 1.35. The molecule has 0 bridgehead atoms. The van der Waals surface area contributed by atoms with E-state index in [1.54, 1.807) is 6.92 Å². The molecule has 1 saturated heterocycles. The van der Waals surface area contributed by atoms with Gasteiger partial charge in [0.2, 0.25) is 5.91 Å². The predicted octanol–water partition coefficient (Wildman–Crippen LogP) is 3.55. The lowest BCUT2D eigenvalue weighted by atomic mass is 9.85. The second-order valence-corrected chi connectivity index (χ2v) is 9.88. The zero-order chi connectivity index (χ0) is 25.2. The number of hydrogen-bond donors (Lipinski definition) is 3. The molecule has 0 spiro atoms. The van der Waals surface area contributed by atoms with Crippen molar-refractivity contribution in [3.8, 4) is 11.1 Å². The minimum atomic E-state index is -1.18. The molecule has 2 aliphatic rings. The van der Waals surface area contributed by atoms with E-state index in [1.165, 1.54) is 0 Å². The van der Waals surface area contributed by atoms with Gasteiger partial charge in [0.1, 0.15) is 12.0 Å². The number of carbonyl (C=O) groups excluding carboxylic acids is 2. The van der Waals surface area contributed by atoms with Gasteiger partial charge in [-0.05, 0) is 35.1 Å². The summed E-state index contributed by atoms with van der Waals surface area (Å²) >= 11 is 0. The maximum absolute atomic E-state index is 12.7. The monoisotopic (exact) mass is 480 g/mol. The fourth-order valence-corrected chi connectivity index (χ4v) is 4.78. The Morgan fingerprint density at radius 1 is 1.09 bits per heavy atom. The summed E-state index contributed by atoms with van der Waals surface area (Å²) in [5.74, 6) is -1.44. The summed E-state index contributed by atoms with van der Waals surface area (Å²) in [6.07, 6.45) is -0.577. The van der Waals surface area contributed by atoms with Crippen molar-refractivity contribution in [1.29, 1.82) is 0 Å². The van der Waals surface area contributed by atoms with Crippen LogP contribution in [0, 0.1) is 11.3 Å². The normalized spacial score (nSPS) is 21.8. The van der Waals surface area contributed by atoms with Gasteiger partial charge in [0.25, 0.3) is 0 Å². The number of nitrogens with one attached hydrogen (secondary N) is 2. The minimum Gasteiger partial charge on any atom is -0.481 e. The molecule has 8 heteroatoms. The zero-order valence-electron chi connectivity index (χ0n) is 20.2. The number of carboxylic acids is 1. The lowest BCUT2D eigenvalue weighted by Crippen LogP contribution is -2.51. The third kappa shape index (κ3) is 5.03. The van der Waals surface area contributed by atoms with Gasteiger partial charge >= 0.3 is 12.1 Å². The molecule has 0 radical (unpaired) electrons. The molecule has 0 saturated carbocycles. The van der Waals surface area contributed by atoms with Crippen LogP contribution in [0.5, 0.6) is 0 Å². The Morgan fingerprint density at radius 2 is 1.69 bits per heavy atom. The summed E-state index contributed by atoms with van der Waals surface area (Å²) in [6, 6.07) is 15.1. The average molecular weight is 481 g/mol. The lowest BCUT2D eigenvalue weighted by Gasteiger charge is -2.27. The standard InChI is InChI=1S/C27H32N2O6/c1-16(2)22(12-24(30)29-23-14-34-15-27(23,3)25(31)32)28-26(33)35-13-21-19-10-6-4-8-17(19)18-9-5-7-11-20(18)21/h4-11,16,21-23H,12-15H2,1-3H3,(H,28,33)(H,29,30)(H,31,32)/t22-,23?,27?/m1/s1. The fourth-order valence-electron chi connectivity index (χ4n) is 4.78. The van der Waals surface area contributed by atoms with Crippen molar-refractivity contribution in [3.63, 3.8) is 0 Å². The first kappa shape index (κ1) is 24.7. The molecule has 35 heavy (non-hydrogen) atoms. The summed E-state index contributed by atoms with van der Waals surface area (Å²) in [4.78, 5) is 37.0. The summed E-state index contributed by atoms with van der Waals surface area (Å²) in [7, 11) is 0. The number of aliphatic carboxylic acids is 1. The van der Waals surface area contributed by atoms with E-state index in [0.717, 1.165) is 22.3 Å². The van der Waals surface area contributed by atoms with Gasteiger partial charge in [0.05, 0.1) is 19.3 Å². The van der Waals surface area contributed by atoms with Crippen LogP contribution in [0.25, 0.3) is 11.1 Å². The van der Waals surface area contributed by atoms with E-state index in [1.807, 2.05) is 38.1 Å². The molecule has 4 rings (SSSR count). The number of alkyl carbamates (subject to hydrolysis) is 1. The molecule has 186 valence electrons. The van der Waals surface area contributed by atoms with Crippen LogP contribution < -0.4 is 10.6 Å². The van der Waals surface area contributed by atoms with Crippen LogP contribution in [0.3, 0.4) is 0 Å². The van der Waals surface area contributed by atoms with Crippen LogP contribution in [0.4, 0.5) is 4.79 Å². The highest BCUT2D eigenvalue weighted by atomic mass is 16.5. The number of benzene rings is 2. The van der Waals surface area contributed by atoms with Crippen molar-refractivity contribution in [2.45, 2.75) is 45.2 Å². The van der Waals surface area contributed by atoms with Crippen molar-refractivity contribution < 1.29 is 29.0 Å². The van der Waals surface area contributed by atoms with Crippen molar-refractivity contribution in [1.82, 2.24) is 10.6 Å². The molecule has 2 unspecified atom stereocenters. The number of hydrogen-bond acceptors (Lipinski definition) is 5. The third-order valence-corrected chi connectivity index (χ3v) is 7.14. The summed E-state index contributed by atoms with van der Waals surface area (Å²) in [6.45, 7) is 5.73. The van der Waals surface area contributed by atoms with E-state index < -0.39 is 29.6 Å². The van der Waals surface area contributed by atoms with Crippen LogP contribution in [0.15, 0.2) is 48.5 Å². The Labute approximate surface area is 205 Å². The quantitative estimate of drug-likeness (QED) is 0.533.